The van der Waals surface area contributed by atoms with Gasteiger partial charge in [0.25, 0.3) is 0 Å². The van der Waals surface area contributed by atoms with E-state index in [9.17, 15) is 5.11 Å². The van der Waals surface area contributed by atoms with Gasteiger partial charge in [-0.2, -0.15) is 0 Å². The lowest BCUT2D eigenvalue weighted by Crippen LogP contribution is -2.42. The topological polar surface area (TPSA) is 142 Å². The minimum absolute atomic E-state index is 0.0935. The number of aryl methyl sites for hydroxylation is 2. The third-order valence-corrected chi connectivity index (χ3v) is 6.62. The molecule has 3 aromatic heterocycles. The molecule has 0 aromatic carbocycles. The lowest BCUT2D eigenvalue weighted by molar-refractivity contribution is -0.131. The number of ether oxygens (including phenoxy) is 1. The third kappa shape index (κ3) is 5.64. The summed E-state index contributed by atoms with van der Waals surface area (Å²) in [4.78, 5) is 18.6. The van der Waals surface area contributed by atoms with Gasteiger partial charge in [-0.05, 0) is 13.8 Å². The second kappa shape index (κ2) is 10.4. The molecule has 9 nitrogen and oxygen atoms in total. The van der Waals surface area contributed by atoms with Crippen molar-refractivity contribution < 1.29 is 25.2 Å². The molecule has 0 aliphatic carbocycles. The Labute approximate surface area is 181 Å². The van der Waals surface area contributed by atoms with Crippen LogP contribution < -0.4 is 0 Å². The molecule has 30 heavy (non-hydrogen) atoms. The maximum absolute atomic E-state index is 10.5. The molecule has 1 fully saturated rings. The van der Waals surface area contributed by atoms with Crippen molar-refractivity contribution in [3.05, 3.63) is 45.2 Å². The Morgan fingerprint density at radius 2 is 1.93 bits per heavy atom. The highest BCUT2D eigenvalue weighted by Gasteiger charge is 2.27. The molecule has 4 heterocycles. The normalized spacial score (nSPS) is 22.3. The molecule has 1 aliphatic rings. The quantitative estimate of drug-likeness (QED) is 0.460. The summed E-state index contributed by atoms with van der Waals surface area (Å²) >= 11 is 2.93. The van der Waals surface area contributed by atoms with Crippen LogP contribution in [0.15, 0.2) is 24.8 Å². The fourth-order valence-corrected chi connectivity index (χ4v) is 4.67. The maximum atomic E-state index is 10.5. The van der Waals surface area contributed by atoms with Crippen molar-refractivity contribution in [2.45, 2.75) is 44.7 Å². The first-order valence-electron chi connectivity index (χ1n) is 9.31. The number of aromatic nitrogens is 4. The molecule has 4 unspecified atom stereocenters. The van der Waals surface area contributed by atoms with Gasteiger partial charge >= 0.3 is 0 Å². The molecule has 11 heteroatoms. The van der Waals surface area contributed by atoms with E-state index in [-0.39, 0.29) is 19.3 Å². The molecule has 0 bridgehead atoms. The minimum Gasteiger partial charge on any atom is -0.394 e. The number of aliphatic hydroxyl groups is 4. The van der Waals surface area contributed by atoms with Crippen molar-refractivity contribution in [2.75, 3.05) is 13.2 Å². The minimum atomic E-state index is -0.789. The van der Waals surface area contributed by atoms with Gasteiger partial charge in [0.2, 0.25) is 0 Å². The predicted octanol–water partition coefficient (Wildman–Crippen LogP) is 1.24. The molecule has 1 saturated heterocycles. The van der Waals surface area contributed by atoms with Crippen molar-refractivity contribution >= 4 is 22.7 Å². The average Bonchev–Trinajstić information content (AvgIpc) is 3.36. The van der Waals surface area contributed by atoms with Gasteiger partial charge in [0.05, 0.1) is 52.1 Å². The summed E-state index contributed by atoms with van der Waals surface area (Å²) in [6, 6.07) is 0. The summed E-state index contributed by atoms with van der Waals surface area (Å²) in [6.07, 6.45) is 4.44. The van der Waals surface area contributed by atoms with Gasteiger partial charge in [0.1, 0.15) is 22.9 Å². The van der Waals surface area contributed by atoms with Crippen molar-refractivity contribution in [3.63, 3.8) is 0 Å². The van der Waals surface area contributed by atoms with E-state index in [4.69, 9.17) is 20.1 Å². The molecule has 0 saturated carbocycles. The van der Waals surface area contributed by atoms with Crippen LogP contribution in [0.25, 0.3) is 10.7 Å². The second-order valence-electron chi connectivity index (χ2n) is 6.75. The van der Waals surface area contributed by atoms with Crippen molar-refractivity contribution in [3.8, 4) is 10.7 Å². The van der Waals surface area contributed by atoms with Crippen molar-refractivity contribution in [1.82, 2.24) is 19.9 Å². The predicted molar refractivity (Wildman–Crippen MR) is 112 cm³/mol. The number of rotatable bonds is 4. The molecular weight excluding hydrogens is 428 g/mol. The van der Waals surface area contributed by atoms with Crippen LogP contribution in [0.1, 0.15) is 33.0 Å². The SMILES string of the molecule is Cc1ncc(C(O)c2sc(-c3cnccn3)nc2C)s1.OCC1CC(O)C(O)CO1. The molecule has 162 valence electrons. The lowest BCUT2D eigenvalue weighted by Gasteiger charge is -2.29. The van der Waals surface area contributed by atoms with E-state index in [1.807, 2.05) is 13.8 Å². The molecule has 1 aliphatic heterocycles. The molecule has 0 spiro atoms. The average molecular weight is 453 g/mol. The monoisotopic (exact) mass is 452 g/mol. The van der Waals surface area contributed by atoms with Crippen LogP contribution in [0, 0.1) is 13.8 Å². The summed E-state index contributed by atoms with van der Waals surface area (Å²) in [5.74, 6) is 0. The van der Waals surface area contributed by atoms with E-state index >= 15 is 0 Å². The first-order valence-corrected chi connectivity index (χ1v) is 10.9. The van der Waals surface area contributed by atoms with E-state index < -0.39 is 18.3 Å². The Kier molecular flexibility index (Phi) is 7.94. The van der Waals surface area contributed by atoms with Crippen molar-refractivity contribution in [1.29, 1.82) is 0 Å². The number of thiazole rings is 2. The highest BCUT2D eigenvalue weighted by atomic mass is 32.1. The highest BCUT2D eigenvalue weighted by molar-refractivity contribution is 7.15. The fraction of sp³-hybridized carbons (Fsp3) is 0.474. The van der Waals surface area contributed by atoms with Gasteiger partial charge in [0, 0.05) is 25.0 Å². The van der Waals surface area contributed by atoms with Gasteiger partial charge in [-0.3, -0.25) is 9.97 Å². The largest absolute Gasteiger partial charge is 0.394 e. The van der Waals surface area contributed by atoms with Gasteiger partial charge in [-0.1, -0.05) is 0 Å². The Balaban J connectivity index is 0.000000216. The third-order valence-electron chi connectivity index (χ3n) is 4.43. The summed E-state index contributed by atoms with van der Waals surface area (Å²) in [6.45, 7) is 3.84. The lowest BCUT2D eigenvalue weighted by atomic mass is 10.0. The van der Waals surface area contributed by atoms with Crippen LogP contribution in [-0.4, -0.2) is 71.9 Å². The summed E-state index contributed by atoms with van der Waals surface area (Å²) in [5.41, 5.74) is 1.54. The molecule has 0 radical (unpaired) electrons. The molecule has 4 rings (SSSR count). The fourth-order valence-electron chi connectivity index (χ4n) is 2.78. The smallest absolute Gasteiger partial charge is 0.144 e. The van der Waals surface area contributed by atoms with Crippen LogP contribution in [0.2, 0.25) is 0 Å². The summed E-state index contributed by atoms with van der Waals surface area (Å²) in [5, 5.41) is 38.7. The van der Waals surface area contributed by atoms with Crippen LogP contribution in [0.5, 0.6) is 0 Å². The first-order chi connectivity index (χ1) is 14.4. The van der Waals surface area contributed by atoms with E-state index in [0.29, 0.717) is 6.42 Å². The van der Waals surface area contributed by atoms with Gasteiger partial charge < -0.3 is 25.2 Å². The van der Waals surface area contributed by atoms with Gasteiger partial charge in [-0.15, -0.1) is 22.7 Å². The Bertz CT molecular complexity index is 936. The second-order valence-corrected chi connectivity index (χ2v) is 9.05. The zero-order chi connectivity index (χ0) is 21.7. The van der Waals surface area contributed by atoms with Crippen LogP contribution in [0.3, 0.4) is 0 Å². The number of aliphatic hydroxyl groups excluding tert-OH is 4. The molecule has 4 N–H and O–H groups in total. The zero-order valence-corrected chi connectivity index (χ0v) is 18.2. The van der Waals surface area contributed by atoms with E-state index in [0.717, 1.165) is 31.2 Å². The Morgan fingerprint density at radius 1 is 1.13 bits per heavy atom. The van der Waals surface area contributed by atoms with E-state index in [1.165, 1.54) is 22.7 Å². The molecular formula is C19H24N4O5S2. The number of nitrogens with zero attached hydrogens (tertiary/aromatic N) is 4. The Hall–Kier alpha value is -1.86. The van der Waals surface area contributed by atoms with Crippen LogP contribution in [-0.2, 0) is 4.74 Å². The summed E-state index contributed by atoms with van der Waals surface area (Å²) < 4.78 is 4.95. The highest BCUT2D eigenvalue weighted by Crippen LogP contribution is 2.35. The maximum Gasteiger partial charge on any atom is 0.144 e. The van der Waals surface area contributed by atoms with E-state index in [1.54, 1.807) is 24.8 Å². The zero-order valence-electron chi connectivity index (χ0n) is 16.5. The van der Waals surface area contributed by atoms with Crippen molar-refractivity contribution in [2.24, 2.45) is 0 Å². The number of hydrogen-bond acceptors (Lipinski definition) is 11. The number of hydrogen-bond donors (Lipinski definition) is 4. The molecule has 0 amide bonds. The van der Waals surface area contributed by atoms with Crippen LogP contribution >= 0.6 is 22.7 Å². The standard InChI is InChI=1S/C13H12N4OS2.C6H12O4/c1-7-12(11(18)10-6-16-8(2)19-10)20-13(17-7)9-5-14-3-4-15-9;7-2-4-1-5(8)6(9)3-10-4/h3-6,11,18H,1-2H3;4-9H,1-3H2. The molecule has 3 aromatic rings. The Morgan fingerprint density at radius 3 is 2.53 bits per heavy atom. The molecule has 4 atom stereocenters. The van der Waals surface area contributed by atoms with Gasteiger partial charge in [-0.25, -0.2) is 9.97 Å². The van der Waals surface area contributed by atoms with Crippen LogP contribution in [0.4, 0.5) is 0 Å². The summed E-state index contributed by atoms with van der Waals surface area (Å²) in [7, 11) is 0. The first kappa shape index (κ1) is 22.8. The van der Waals surface area contributed by atoms with E-state index in [2.05, 4.69) is 19.9 Å². The van der Waals surface area contributed by atoms with Gasteiger partial charge in [0.15, 0.2) is 0 Å².